The Balaban J connectivity index is 2.60. The summed E-state index contributed by atoms with van der Waals surface area (Å²) in [4.78, 5) is 24.0. The topological polar surface area (TPSA) is 118 Å². The fourth-order valence-corrected chi connectivity index (χ4v) is 3.38. The third-order valence-corrected chi connectivity index (χ3v) is 4.56. The molecule has 0 bridgehead atoms. The summed E-state index contributed by atoms with van der Waals surface area (Å²) >= 11 is 1.34. The van der Waals surface area contributed by atoms with Crippen molar-refractivity contribution in [2.75, 3.05) is 23.6 Å². The Bertz CT molecular complexity index is 436. The first-order chi connectivity index (χ1) is 8.22. The molecule has 18 heavy (non-hydrogen) atoms. The van der Waals surface area contributed by atoms with Crippen LogP contribution in [0.5, 0.6) is 0 Å². The van der Waals surface area contributed by atoms with Crippen LogP contribution in [0, 0.1) is 0 Å². The van der Waals surface area contributed by atoms with Gasteiger partial charge in [0.2, 0.25) is 5.91 Å². The van der Waals surface area contributed by atoms with Crippen molar-refractivity contribution in [2.24, 2.45) is 5.73 Å². The summed E-state index contributed by atoms with van der Waals surface area (Å²) in [5, 5.41) is 8.93. The molecule has 0 spiro atoms. The normalized spacial score (nSPS) is 21.9. The van der Waals surface area contributed by atoms with E-state index in [1.54, 1.807) is 0 Å². The molecule has 1 saturated heterocycles. The summed E-state index contributed by atoms with van der Waals surface area (Å²) in [5.74, 6) is -1.14. The fourth-order valence-electron chi connectivity index (χ4n) is 1.54. The molecule has 1 rings (SSSR count). The first-order valence-corrected chi connectivity index (χ1v) is 8.48. The van der Waals surface area contributed by atoms with Crippen LogP contribution in [0.25, 0.3) is 0 Å². The van der Waals surface area contributed by atoms with Gasteiger partial charge in [-0.25, -0.2) is 13.2 Å². The van der Waals surface area contributed by atoms with Crippen LogP contribution >= 0.6 is 11.8 Å². The highest BCUT2D eigenvalue weighted by molar-refractivity contribution is 7.99. The summed E-state index contributed by atoms with van der Waals surface area (Å²) in [5.41, 5.74) is 5.61. The predicted molar refractivity (Wildman–Crippen MR) is 67.9 cm³/mol. The Morgan fingerprint density at radius 3 is 2.67 bits per heavy atom. The Labute approximate surface area is 110 Å². The molecule has 1 aliphatic heterocycles. The van der Waals surface area contributed by atoms with E-state index in [1.165, 1.54) is 16.7 Å². The van der Waals surface area contributed by atoms with Crippen molar-refractivity contribution >= 4 is 33.5 Å². The Kier molecular flexibility index (Phi) is 5.00. The van der Waals surface area contributed by atoms with Gasteiger partial charge in [0.1, 0.15) is 15.9 Å². The minimum absolute atomic E-state index is 0.00513. The minimum atomic E-state index is -3.18. The fraction of sp³-hybridized carbons (Fsp3) is 0.778. The molecule has 2 unspecified atom stereocenters. The van der Waals surface area contributed by atoms with Crippen LogP contribution in [-0.2, 0) is 19.4 Å². The van der Waals surface area contributed by atoms with Crippen LogP contribution in [0.2, 0.25) is 0 Å². The summed E-state index contributed by atoms with van der Waals surface area (Å²) in [6, 6.07) is -1.84. The lowest BCUT2D eigenvalue weighted by molar-refractivity contribution is -0.148. The molecule has 2 atom stereocenters. The predicted octanol–water partition coefficient (Wildman–Crippen LogP) is -1.27. The smallest absolute Gasteiger partial charge is 0.327 e. The molecule has 1 heterocycles. The van der Waals surface area contributed by atoms with Gasteiger partial charge in [-0.2, -0.15) is 0 Å². The third-order valence-electron chi connectivity index (χ3n) is 2.57. The number of nitrogens with two attached hydrogens (primary N) is 1. The lowest BCUT2D eigenvalue weighted by atomic mass is 10.2. The molecule has 9 heteroatoms. The van der Waals surface area contributed by atoms with E-state index in [0.29, 0.717) is 5.75 Å². The standard InChI is InChI=1S/C9H16N2O5S2/c1-18(15,16)3-2-6(10)8(12)11-5-17-4-7(11)9(13)14/h6-7H,2-5,10H2,1H3,(H,13,14). The molecule has 3 N–H and O–H groups in total. The van der Waals surface area contributed by atoms with Crippen LogP contribution in [0.15, 0.2) is 0 Å². The summed E-state index contributed by atoms with van der Waals surface area (Å²) in [6.07, 6.45) is 1.07. The van der Waals surface area contributed by atoms with Crippen molar-refractivity contribution in [2.45, 2.75) is 18.5 Å². The maximum absolute atomic E-state index is 11.9. The Morgan fingerprint density at radius 2 is 2.17 bits per heavy atom. The molecule has 1 amide bonds. The number of carbonyl (C=O) groups is 2. The number of carboxylic acids is 1. The van der Waals surface area contributed by atoms with Crippen molar-refractivity contribution in [1.82, 2.24) is 4.90 Å². The van der Waals surface area contributed by atoms with Crippen molar-refractivity contribution < 1.29 is 23.1 Å². The zero-order valence-electron chi connectivity index (χ0n) is 9.90. The van der Waals surface area contributed by atoms with E-state index in [1.807, 2.05) is 0 Å². The second-order valence-electron chi connectivity index (χ2n) is 4.19. The lowest BCUT2D eigenvalue weighted by Gasteiger charge is -2.23. The van der Waals surface area contributed by atoms with Crippen molar-refractivity contribution in [1.29, 1.82) is 0 Å². The van der Waals surface area contributed by atoms with Gasteiger partial charge in [0, 0.05) is 12.0 Å². The SMILES string of the molecule is CS(=O)(=O)CCC(N)C(=O)N1CSCC1C(=O)O. The molecule has 1 fully saturated rings. The van der Waals surface area contributed by atoms with E-state index < -0.39 is 33.8 Å². The lowest BCUT2D eigenvalue weighted by Crippen LogP contribution is -2.49. The molecule has 7 nitrogen and oxygen atoms in total. The van der Waals surface area contributed by atoms with Crippen LogP contribution < -0.4 is 5.73 Å². The number of carbonyl (C=O) groups excluding carboxylic acids is 1. The maximum Gasteiger partial charge on any atom is 0.327 e. The number of sulfone groups is 1. The van der Waals surface area contributed by atoms with Crippen LogP contribution in [0.3, 0.4) is 0 Å². The molecule has 0 radical (unpaired) electrons. The van der Waals surface area contributed by atoms with E-state index in [9.17, 15) is 18.0 Å². The van der Waals surface area contributed by atoms with Crippen molar-refractivity contribution in [3.63, 3.8) is 0 Å². The van der Waals surface area contributed by atoms with Crippen molar-refractivity contribution in [3.8, 4) is 0 Å². The van der Waals surface area contributed by atoms with Gasteiger partial charge < -0.3 is 15.7 Å². The third kappa shape index (κ3) is 4.14. The number of rotatable bonds is 5. The number of thioether (sulfide) groups is 1. The summed E-state index contributed by atoms with van der Waals surface area (Å²) in [6.45, 7) is 0. The molecule has 104 valence electrons. The van der Waals surface area contributed by atoms with E-state index in [2.05, 4.69) is 0 Å². The highest BCUT2D eigenvalue weighted by atomic mass is 32.2. The monoisotopic (exact) mass is 296 g/mol. The van der Waals surface area contributed by atoms with E-state index in [4.69, 9.17) is 10.8 Å². The number of nitrogens with zero attached hydrogens (tertiary/aromatic N) is 1. The zero-order chi connectivity index (χ0) is 13.9. The summed E-state index contributed by atoms with van der Waals surface area (Å²) in [7, 11) is -3.18. The molecule has 0 aliphatic carbocycles. The summed E-state index contributed by atoms with van der Waals surface area (Å²) < 4.78 is 21.9. The van der Waals surface area contributed by atoms with Gasteiger partial charge in [-0.3, -0.25) is 4.79 Å². The van der Waals surface area contributed by atoms with E-state index >= 15 is 0 Å². The van der Waals surface area contributed by atoms with E-state index in [-0.39, 0.29) is 18.1 Å². The molecule has 0 aromatic carbocycles. The molecular weight excluding hydrogens is 280 g/mol. The van der Waals surface area contributed by atoms with E-state index in [0.717, 1.165) is 6.26 Å². The number of hydrogen-bond donors (Lipinski definition) is 2. The maximum atomic E-state index is 11.9. The molecule has 1 aliphatic rings. The quantitative estimate of drug-likeness (QED) is 0.649. The number of carboxylic acid groups (broad SMARTS) is 1. The molecule has 0 aromatic rings. The van der Waals surface area contributed by atoms with Gasteiger partial charge in [0.05, 0.1) is 17.7 Å². The largest absolute Gasteiger partial charge is 0.480 e. The highest BCUT2D eigenvalue weighted by Crippen LogP contribution is 2.22. The van der Waals surface area contributed by atoms with Gasteiger partial charge in [-0.1, -0.05) is 0 Å². The number of hydrogen-bond acceptors (Lipinski definition) is 6. The van der Waals surface area contributed by atoms with Gasteiger partial charge in [0.25, 0.3) is 0 Å². The molecular formula is C9H16N2O5S2. The first kappa shape index (κ1) is 15.3. The second kappa shape index (κ2) is 5.89. The van der Waals surface area contributed by atoms with Gasteiger partial charge in [-0.05, 0) is 6.42 Å². The second-order valence-corrected chi connectivity index (χ2v) is 7.45. The number of amides is 1. The van der Waals surface area contributed by atoms with Gasteiger partial charge in [-0.15, -0.1) is 11.8 Å². The average molecular weight is 296 g/mol. The van der Waals surface area contributed by atoms with Crippen LogP contribution in [-0.4, -0.2) is 66.0 Å². The Hall–Kier alpha value is -0.800. The van der Waals surface area contributed by atoms with Gasteiger partial charge >= 0.3 is 5.97 Å². The van der Waals surface area contributed by atoms with Crippen LogP contribution in [0.1, 0.15) is 6.42 Å². The Morgan fingerprint density at radius 1 is 1.56 bits per heavy atom. The zero-order valence-corrected chi connectivity index (χ0v) is 11.5. The minimum Gasteiger partial charge on any atom is -0.480 e. The van der Waals surface area contributed by atoms with Crippen LogP contribution in [0.4, 0.5) is 0 Å². The molecule has 0 aromatic heterocycles. The first-order valence-electron chi connectivity index (χ1n) is 5.26. The van der Waals surface area contributed by atoms with Gasteiger partial charge in [0.15, 0.2) is 0 Å². The average Bonchev–Trinajstić information content (AvgIpc) is 2.72. The number of aliphatic carboxylic acids is 1. The molecule has 0 saturated carbocycles. The van der Waals surface area contributed by atoms with Crippen molar-refractivity contribution in [3.05, 3.63) is 0 Å². The highest BCUT2D eigenvalue weighted by Gasteiger charge is 2.36.